The summed E-state index contributed by atoms with van der Waals surface area (Å²) in [6.45, 7) is 6.00. The Kier molecular flexibility index (Phi) is 7.89. The minimum absolute atomic E-state index is 0.112. The summed E-state index contributed by atoms with van der Waals surface area (Å²) in [5.41, 5.74) is 0.265. The van der Waals surface area contributed by atoms with Crippen LogP contribution in [0.15, 0.2) is 29.1 Å². The molecule has 2 heterocycles. The lowest BCUT2D eigenvalue weighted by Crippen LogP contribution is -2.33. The number of aliphatic hydroxyl groups is 1. The highest BCUT2D eigenvalue weighted by molar-refractivity contribution is 7.20. The molecule has 10 heteroatoms. The lowest BCUT2D eigenvalue weighted by atomic mass is 10.2. The van der Waals surface area contributed by atoms with Crippen molar-refractivity contribution in [1.82, 2.24) is 14.9 Å². The molecule has 172 valence electrons. The molecule has 0 amide bonds. The molecule has 3 rings (SSSR count). The molecule has 1 atom stereocenters. The van der Waals surface area contributed by atoms with Crippen molar-refractivity contribution < 1.29 is 19.4 Å². The number of hydrogen-bond donors (Lipinski definition) is 2. The Bertz CT molecular complexity index is 1140. The van der Waals surface area contributed by atoms with E-state index in [9.17, 15) is 14.7 Å². The van der Waals surface area contributed by atoms with Gasteiger partial charge in [0.15, 0.2) is 0 Å². The minimum atomic E-state index is -0.743. The molecule has 0 radical (unpaired) electrons. The first-order valence-electron chi connectivity index (χ1n) is 10.1. The Balaban J connectivity index is 1.65. The maximum absolute atomic E-state index is 12.6. The SMILES string of the molecule is Cc1c(C(=O)OC(C)C)sc2nc(CN(C)CC(O)COc3ccc(Cl)cc3)[nH]c(=O)c12. The van der Waals surface area contributed by atoms with Crippen molar-refractivity contribution in [2.45, 2.75) is 39.5 Å². The second-order valence-corrected chi connectivity index (χ2v) is 9.25. The molecule has 1 aromatic carbocycles. The number of nitrogens with one attached hydrogen (secondary N) is 1. The third-order valence-corrected chi connectivity index (χ3v) is 5.99. The van der Waals surface area contributed by atoms with E-state index in [0.717, 1.165) is 11.3 Å². The molecule has 0 bridgehead atoms. The van der Waals surface area contributed by atoms with Gasteiger partial charge in [0.05, 0.1) is 18.0 Å². The maximum atomic E-state index is 12.6. The van der Waals surface area contributed by atoms with Gasteiger partial charge in [0.2, 0.25) is 0 Å². The lowest BCUT2D eigenvalue weighted by Gasteiger charge is -2.20. The van der Waals surface area contributed by atoms with E-state index >= 15 is 0 Å². The van der Waals surface area contributed by atoms with Crippen molar-refractivity contribution in [3.63, 3.8) is 0 Å². The second-order valence-electron chi connectivity index (χ2n) is 7.82. The van der Waals surface area contributed by atoms with Gasteiger partial charge in [-0.1, -0.05) is 11.6 Å². The van der Waals surface area contributed by atoms with E-state index in [0.29, 0.717) is 50.3 Å². The number of aryl methyl sites for hydroxylation is 1. The monoisotopic (exact) mass is 479 g/mol. The van der Waals surface area contributed by atoms with Gasteiger partial charge in [-0.15, -0.1) is 11.3 Å². The number of aromatic nitrogens is 2. The molecule has 0 aliphatic carbocycles. The largest absolute Gasteiger partial charge is 0.491 e. The number of H-pyrrole nitrogens is 1. The summed E-state index contributed by atoms with van der Waals surface area (Å²) < 4.78 is 10.8. The van der Waals surface area contributed by atoms with E-state index in [1.807, 2.05) is 4.90 Å². The second kappa shape index (κ2) is 10.4. The van der Waals surface area contributed by atoms with Gasteiger partial charge in [-0.3, -0.25) is 9.69 Å². The number of thiophene rings is 1. The van der Waals surface area contributed by atoms with Gasteiger partial charge >= 0.3 is 5.97 Å². The molecule has 0 saturated heterocycles. The molecule has 3 aromatic rings. The van der Waals surface area contributed by atoms with E-state index < -0.39 is 12.1 Å². The van der Waals surface area contributed by atoms with Crippen molar-refractivity contribution in [2.24, 2.45) is 0 Å². The highest BCUT2D eigenvalue weighted by atomic mass is 35.5. The number of ether oxygens (including phenoxy) is 2. The zero-order valence-electron chi connectivity index (χ0n) is 18.3. The summed E-state index contributed by atoms with van der Waals surface area (Å²) in [6.07, 6.45) is -0.995. The van der Waals surface area contributed by atoms with E-state index in [1.165, 1.54) is 0 Å². The summed E-state index contributed by atoms with van der Waals surface area (Å²) in [6, 6.07) is 6.90. The minimum Gasteiger partial charge on any atom is -0.491 e. The summed E-state index contributed by atoms with van der Waals surface area (Å²) in [5, 5.41) is 11.3. The number of aliphatic hydroxyl groups excluding tert-OH is 1. The van der Waals surface area contributed by atoms with E-state index in [2.05, 4.69) is 9.97 Å². The number of hydrogen-bond acceptors (Lipinski definition) is 8. The molecule has 32 heavy (non-hydrogen) atoms. The normalized spacial score (nSPS) is 12.5. The van der Waals surface area contributed by atoms with Crippen LogP contribution >= 0.6 is 22.9 Å². The standard InChI is InChI=1S/C22H26ClN3O5S/c1-12(2)31-22(29)19-13(3)18-20(28)24-17(25-21(18)32-19)10-26(4)9-15(27)11-30-16-7-5-14(23)6-8-16/h5-8,12,15,27H,9-11H2,1-4H3,(H,24,25,28). The molecule has 0 spiro atoms. The van der Waals surface area contributed by atoms with Crippen molar-refractivity contribution >= 4 is 39.1 Å². The molecule has 2 aromatic heterocycles. The van der Waals surface area contributed by atoms with Gasteiger partial charge in [0.25, 0.3) is 5.56 Å². The van der Waals surface area contributed by atoms with Crippen molar-refractivity contribution in [2.75, 3.05) is 20.2 Å². The first kappa shape index (κ1) is 24.2. The highest BCUT2D eigenvalue weighted by Gasteiger charge is 2.21. The Labute approximate surface area is 194 Å². The third-order valence-electron chi connectivity index (χ3n) is 4.58. The fourth-order valence-electron chi connectivity index (χ4n) is 3.18. The third kappa shape index (κ3) is 6.07. The summed E-state index contributed by atoms with van der Waals surface area (Å²) in [7, 11) is 1.81. The number of aromatic amines is 1. The van der Waals surface area contributed by atoms with E-state index in [4.69, 9.17) is 21.1 Å². The van der Waals surface area contributed by atoms with Crippen LogP contribution in [0.1, 0.15) is 34.9 Å². The van der Waals surface area contributed by atoms with Crippen molar-refractivity contribution in [3.8, 4) is 5.75 Å². The molecular formula is C22H26ClN3O5S. The number of likely N-dealkylation sites (N-methyl/N-ethyl adjacent to an activating group) is 1. The zero-order chi connectivity index (χ0) is 23.4. The van der Waals surface area contributed by atoms with Crippen LogP contribution in [0.2, 0.25) is 5.02 Å². The van der Waals surface area contributed by atoms with Gasteiger partial charge in [-0.2, -0.15) is 0 Å². The number of esters is 1. The number of carbonyl (C=O) groups excluding carboxylic acids is 1. The summed E-state index contributed by atoms with van der Waals surface area (Å²) in [5.74, 6) is 0.607. The molecule has 2 N–H and O–H groups in total. The van der Waals surface area contributed by atoms with Crippen molar-refractivity contribution in [3.05, 3.63) is 55.9 Å². The molecule has 1 unspecified atom stereocenters. The Hall–Kier alpha value is -2.46. The fourth-order valence-corrected chi connectivity index (χ4v) is 4.39. The average Bonchev–Trinajstić information content (AvgIpc) is 3.04. The first-order chi connectivity index (χ1) is 15.1. The average molecular weight is 480 g/mol. The van der Waals surface area contributed by atoms with Crippen LogP contribution in [0, 0.1) is 6.92 Å². The number of carbonyl (C=O) groups is 1. The van der Waals surface area contributed by atoms with E-state index in [-0.39, 0.29) is 18.3 Å². The van der Waals surface area contributed by atoms with Gasteiger partial charge in [-0.05, 0) is 57.6 Å². The molecule has 0 aliphatic heterocycles. The van der Waals surface area contributed by atoms with E-state index in [1.54, 1.807) is 52.1 Å². The number of benzene rings is 1. The van der Waals surface area contributed by atoms with Gasteiger partial charge in [0, 0.05) is 11.6 Å². The van der Waals surface area contributed by atoms with Gasteiger partial charge < -0.3 is 19.6 Å². The molecule has 8 nitrogen and oxygen atoms in total. The van der Waals surface area contributed by atoms with Crippen LogP contribution in [-0.2, 0) is 11.3 Å². The predicted octanol–water partition coefficient (Wildman–Crippen LogP) is 3.38. The summed E-state index contributed by atoms with van der Waals surface area (Å²) in [4.78, 5) is 34.9. The van der Waals surface area contributed by atoms with Crippen LogP contribution in [0.4, 0.5) is 0 Å². The van der Waals surface area contributed by atoms with Crippen LogP contribution in [0.25, 0.3) is 10.2 Å². The topological polar surface area (TPSA) is 105 Å². The quantitative estimate of drug-likeness (QED) is 0.453. The summed E-state index contributed by atoms with van der Waals surface area (Å²) >= 11 is 7.00. The smallest absolute Gasteiger partial charge is 0.348 e. The van der Waals surface area contributed by atoms with Crippen molar-refractivity contribution in [1.29, 1.82) is 0 Å². The van der Waals surface area contributed by atoms with Crippen LogP contribution in [-0.4, -0.2) is 58.4 Å². The number of halogens is 1. The molecular weight excluding hydrogens is 454 g/mol. The Morgan fingerprint density at radius 1 is 1.31 bits per heavy atom. The molecule has 0 aliphatic rings. The van der Waals surface area contributed by atoms with Crippen LogP contribution in [0.5, 0.6) is 5.75 Å². The molecule has 0 saturated carbocycles. The Morgan fingerprint density at radius 3 is 2.66 bits per heavy atom. The van der Waals surface area contributed by atoms with Crippen LogP contribution < -0.4 is 10.3 Å². The lowest BCUT2D eigenvalue weighted by molar-refractivity contribution is 0.0383. The van der Waals surface area contributed by atoms with Crippen LogP contribution in [0.3, 0.4) is 0 Å². The first-order valence-corrected chi connectivity index (χ1v) is 11.3. The molecule has 0 fully saturated rings. The fraction of sp³-hybridized carbons (Fsp3) is 0.409. The Morgan fingerprint density at radius 2 is 2.00 bits per heavy atom. The predicted molar refractivity (Wildman–Crippen MR) is 125 cm³/mol. The maximum Gasteiger partial charge on any atom is 0.348 e. The number of fused-ring (bicyclic) bond motifs is 1. The van der Waals surface area contributed by atoms with Gasteiger partial charge in [-0.25, -0.2) is 9.78 Å². The zero-order valence-corrected chi connectivity index (χ0v) is 19.9. The van der Waals surface area contributed by atoms with Gasteiger partial charge in [0.1, 0.15) is 34.0 Å². The number of nitrogens with zero attached hydrogens (tertiary/aromatic N) is 2. The highest BCUT2D eigenvalue weighted by Crippen LogP contribution is 2.28. The number of rotatable bonds is 9.